The van der Waals surface area contributed by atoms with Crippen molar-refractivity contribution in [1.29, 1.82) is 0 Å². The molecule has 0 saturated carbocycles. The molecule has 0 radical (unpaired) electrons. The number of nitrogens with one attached hydrogen (secondary N) is 1. The monoisotopic (exact) mass is 375 g/mol. The van der Waals surface area contributed by atoms with Gasteiger partial charge in [-0.1, -0.05) is 23.7 Å². The molecule has 26 heavy (non-hydrogen) atoms. The second kappa shape index (κ2) is 7.79. The van der Waals surface area contributed by atoms with Crippen LogP contribution in [0.1, 0.15) is 24.3 Å². The minimum Gasteiger partial charge on any atom is -0.495 e. The van der Waals surface area contributed by atoms with E-state index in [2.05, 4.69) is 5.32 Å². The number of benzene rings is 2. The van der Waals surface area contributed by atoms with Crippen molar-refractivity contribution in [2.45, 2.75) is 18.8 Å². The Kier molecular flexibility index (Phi) is 5.47. The van der Waals surface area contributed by atoms with Gasteiger partial charge in [0.05, 0.1) is 24.9 Å². The van der Waals surface area contributed by atoms with Crippen LogP contribution >= 0.6 is 11.6 Å². The topological polar surface area (TPSA) is 47.6 Å². The van der Waals surface area contributed by atoms with E-state index in [9.17, 15) is 9.18 Å². The lowest BCUT2D eigenvalue weighted by atomic mass is 9.85. The van der Waals surface area contributed by atoms with E-state index >= 15 is 0 Å². The number of allylic oxidation sites excluding steroid dienone is 2. The molecule has 6 heteroatoms. The van der Waals surface area contributed by atoms with Crippen molar-refractivity contribution in [1.82, 2.24) is 0 Å². The lowest BCUT2D eigenvalue weighted by Crippen LogP contribution is -2.17. The van der Waals surface area contributed by atoms with Gasteiger partial charge in [-0.05, 0) is 30.0 Å². The number of hydrogen-bond acceptors (Lipinski definition) is 4. The van der Waals surface area contributed by atoms with Gasteiger partial charge in [-0.2, -0.15) is 0 Å². The molecule has 4 nitrogen and oxygen atoms in total. The summed E-state index contributed by atoms with van der Waals surface area (Å²) in [6, 6.07) is 9.67. The lowest BCUT2D eigenvalue weighted by Gasteiger charge is -2.24. The van der Waals surface area contributed by atoms with E-state index < -0.39 is 0 Å². The summed E-state index contributed by atoms with van der Waals surface area (Å²) >= 11 is 6.13. The molecule has 1 atom stereocenters. The molecule has 0 fully saturated rings. The van der Waals surface area contributed by atoms with Crippen molar-refractivity contribution < 1.29 is 18.7 Å². The van der Waals surface area contributed by atoms with E-state index in [1.54, 1.807) is 37.5 Å². The molecule has 2 aromatic rings. The molecule has 1 unspecified atom stereocenters. The van der Waals surface area contributed by atoms with Crippen LogP contribution in [-0.2, 0) is 4.79 Å². The van der Waals surface area contributed by atoms with E-state index in [0.717, 1.165) is 11.3 Å². The predicted molar refractivity (Wildman–Crippen MR) is 99.6 cm³/mol. The molecule has 0 saturated heterocycles. The zero-order valence-electron chi connectivity index (χ0n) is 14.5. The fourth-order valence-corrected chi connectivity index (χ4v) is 3.31. The van der Waals surface area contributed by atoms with Crippen molar-refractivity contribution in [3.8, 4) is 11.5 Å². The maximum atomic E-state index is 13.2. The number of methoxy groups -OCH3 is 2. The zero-order valence-corrected chi connectivity index (χ0v) is 15.3. The molecule has 0 heterocycles. The molecule has 1 aliphatic rings. The van der Waals surface area contributed by atoms with Gasteiger partial charge >= 0.3 is 0 Å². The summed E-state index contributed by atoms with van der Waals surface area (Å²) in [5.41, 5.74) is 2.36. The first-order valence-electron chi connectivity index (χ1n) is 8.17. The van der Waals surface area contributed by atoms with Crippen molar-refractivity contribution >= 4 is 23.1 Å². The van der Waals surface area contributed by atoms with E-state index in [4.69, 9.17) is 21.1 Å². The predicted octanol–water partition coefficient (Wildman–Crippen LogP) is 4.94. The van der Waals surface area contributed by atoms with Crippen LogP contribution in [0.15, 0.2) is 48.2 Å². The van der Waals surface area contributed by atoms with Gasteiger partial charge in [0.2, 0.25) is 0 Å². The Morgan fingerprint density at radius 3 is 2.42 bits per heavy atom. The second-order valence-corrected chi connectivity index (χ2v) is 6.51. The highest BCUT2D eigenvalue weighted by Crippen LogP contribution is 2.38. The number of ketones is 1. The minimum atomic E-state index is -0.289. The van der Waals surface area contributed by atoms with Crippen molar-refractivity contribution in [2.75, 3.05) is 19.5 Å². The van der Waals surface area contributed by atoms with Gasteiger partial charge in [0, 0.05) is 30.3 Å². The van der Waals surface area contributed by atoms with E-state index in [0.29, 0.717) is 35.1 Å². The smallest absolute Gasteiger partial charge is 0.158 e. The van der Waals surface area contributed by atoms with Crippen LogP contribution in [0.4, 0.5) is 10.1 Å². The maximum absolute atomic E-state index is 13.2. The summed E-state index contributed by atoms with van der Waals surface area (Å²) in [5.74, 6) is 0.785. The Balaban J connectivity index is 1.85. The Morgan fingerprint density at radius 2 is 1.77 bits per heavy atom. The Labute approximate surface area is 156 Å². The van der Waals surface area contributed by atoms with Crippen molar-refractivity contribution in [3.63, 3.8) is 0 Å². The summed E-state index contributed by atoms with van der Waals surface area (Å²) in [7, 11) is 3.08. The summed E-state index contributed by atoms with van der Waals surface area (Å²) in [4.78, 5) is 12.2. The minimum absolute atomic E-state index is 0.00390. The molecule has 0 aliphatic heterocycles. The van der Waals surface area contributed by atoms with Gasteiger partial charge in [-0.15, -0.1) is 0 Å². The zero-order chi connectivity index (χ0) is 18.7. The lowest BCUT2D eigenvalue weighted by molar-refractivity contribution is -0.115. The molecular formula is C20H19ClFNO3. The van der Waals surface area contributed by atoms with Gasteiger partial charge in [-0.3, -0.25) is 4.79 Å². The van der Waals surface area contributed by atoms with Gasteiger partial charge in [0.25, 0.3) is 0 Å². The maximum Gasteiger partial charge on any atom is 0.158 e. The Morgan fingerprint density at radius 1 is 1.08 bits per heavy atom. The highest BCUT2D eigenvalue weighted by atomic mass is 35.5. The van der Waals surface area contributed by atoms with Crippen molar-refractivity contribution in [3.05, 3.63) is 64.6 Å². The number of halogens is 2. The summed E-state index contributed by atoms with van der Waals surface area (Å²) in [6.07, 6.45) is 2.63. The van der Waals surface area contributed by atoms with Gasteiger partial charge < -0.3 is 14.8 Å². The third-order valence-electron chi connectivity index (χ3n) is 4.36. The fraction of sp³-hybridized carbons (Fsp3) is 0.250. The highest BCUT2D eigenvalue weighted by Gasteiger charge is 2.23. The van der Waals surface area contributed by atoms with E-state index in [1.807, 2.05) is 0 Å². The Bertz CT molecular complexity index is 849. The van der Waals surface area contributed by atoms with Gasteiger partial charge in [-0.25, -0.2) is 4.39 Å². The summed E-state index contributed by atoms with van der Waals surface area (Å²) < 4.78 is 23.8. The average molecular weight is 376 g/mol. The van der Waals surface area contributed by atoms with Gasteiger partial charge in [0.15, 0.2) is 5.78 Å². The van der Waals surface area contributed by atoms with Crippen molar-refractivity contribution in [2.24, 2.45) is 0 Å². The number of ether oxygens (including phenoxy) is 2. The Hall–Kier alpha value is -2.53. The van der Waals surface area contributed by atoms with E-state index in [1.165, 1.54) is 19.2 Å². The quantitative estimate of drug-likeness (QED) is 0.804. The normalized spacial score (nSPS) is 16.8. The molecule has 136 valence electrons. The highest BCUT2D eigenvalue weighted by molar-refractivity contribution is 6.32. The van der Waals surface area contributed by atoms with Crippen LogP contribution < -0.4 is 14.8 Å². The first-order valence-corrected chi connectivity index (χ1v) is 8.55. The molecule has 0 spiro atoms. The number of anilines is 1. The molecule has 0 amide bonds. The van der Waals surface area contributed by atoms with Crippen LogP contribution in [0.25, 0.3) is 0 Å². The number of carbonyl (C=O) groups is 1. The molecule has 3 rings (SSSR count). The van der Waals surface area contributed by atoms with Crippen LogP contribution in [0.5, 0.6) is 11.5 Å². The standard InChI is InChI=1S/C20H19ClFNO3/c1-25-19-11-18(20(26-2)10-17(19)21)23-15-7-13(8-16(24)9-15)12-3-5-14(22)6-4-12/h3-6,9-11,13,23H,7-8H2,1-2H3. The molecule has 1 aliphatic carbocycles. The molecular weight excluding hydrogens is 357 g/mol. The second-order valence-electron chi connectivity index (χ2n) is 6.10. The number of rotatable bonds is 5. The first kappa shape index (κ1) is 18.3. The van der Waals surface area contributed by atoms with Gasteiger partial charge in [0.1, 0.15) is 17.3 Å². The summed E-state index contributed by atoms with van der Waals surface area (Å²) in [6.45, 7) is 0. The largest absolute Gasteiger partial charge is 0.495 e. The van der Waals surface area contributed by atoms with Crippen LogP contribution in [0, 0.1) is 5.82 Å². The number of carbonyl (C=O) groups excluding carboxylic acids is 1. The third-order valence-corrected chi connectivity index (χ3v) is 4.66. The molecule has 2 aromatic carbocycles. The fourth-order valence-electron chi connectivity index (χ4n) is 3.08. The van der Waals surface area contributed by atoms with Crippen LogP contribution in [0.3, 0.4) is 0 Å². The SMILES string of the molecule is COc1cc(NC2=CC(=O)CC(c3ccc(F)cc3)C2)c(OC)cc1Cl. The molecule has 0 bridgehead atoms. The van der Waals surface area contributed by atoms with E-state index in [-0.39, 0.29) is 17.5 Å². The third kappa shape index (κ3) is 3.99. The molecule has 0 aromatic heterocycles. The average Bonchev–Trinajstić information content (AvgIpc) is 2.63. The first-order chi connectivity index (χ1) is 12.5. The number of hydrogen-bond donors (Lipinski definition) is 1. The van der Waals surface area contributed by atoms with Crippen LogP contribution in [0.2, 0.25) is 5.02 Å². The molecule has 1 N–H and O–H groups in total. The van der Waals surface area contributed by atoms with Crippen LogP contribution in [-0.4, -0.2) is 20.0 Å². The summed E-state index contributed by atoms with van der Waals surface area (Å²) in [5, 5.41) is 3.68.